The molecule has 2 fully saturated rings. The van der Waals surface area contributed by atoms with Crippen molar-refractivity contribution in [3.05, 3.63) is 72.6 Å². The molecule has 0 radical (unpaired) electrons. The van der Waals surface area contributed by atoms with Gasteiger partial charge < -0.3 is 10.6 Å². The number of carbonyl (C=O) groups is 2. The number of nitrogens with zero attached hydrogens (tertiary/aromatic N) is 2. The Balaban J connectivity index is 1.45. The number of hydrogen-bond acceptors (Lipinski definition) is 4. The van der Waals surface area contributed by atoms with E-state index in [0.29, 0.717) is 12.2 Å². The molecule has 0 aliphatic carbocycles. The Morgan fingerprint density at radius 1 is 0.964 bits per heavy atom. The summed E-state index contributed by atoms with van der Waals surface area (Å²) < 4.78 is 0. The molecule has 3 amide bonds. The summed E-state index contributed by atoms with van der Waals surface area (Å²) in [5, 5.41) is 8.12. The van der Waals surface area contributed by atoms with E-state index in [2.05, 4.69) is 27.8 Å². The zero-order chi connectivity index (χ0) is 19.1. The second kappa shape index (κ2) is 6.73. The Labute approximate surface area is 162 Å². The summed E-state index contributed by atoms with van der Waals surface area (Å²) in [6, 6.07) is 16.8. The number of benzene rings is 2. The van der Waals surface area contributed by atoms with E-state index in [1.54, 1.807) is 12.4 Å². The minimum Gasteiger partial charge on any atom is -0.332 e. The van der Waals surface area contributed by atoms with Gasteiger partial charge in [0, 0.05) is 23.5 Å². The quantitative estimate of drug-likeness (QED) is 0.725. The number of carbonyl (C=O) groups excluding carboxylic acids is 2. The molecule has 2 aliphatic heterocycles. The van der Waals surface area contributed by atoms with Gasteiger partial charge in [0.15, 0.2) is 0 Å². The van der Waals surface area contributed by atoms with Gasteiger partial charge in [-0.3, -0.25) is 9.78 Å². The molecule has 0 saturated carbocycles. The number of nitrogens with one attached hydrogen (secondary N) is 2. The van der Waals surface area contributed by atoms with E-state index in [0.717, 1.165) is 17.2 Å². The summed E-state index contributed by atoms with van der Waals surface area (Å²) in [5.41, 5.74) is 1.74. The molecular formula is C22H20N4O2. The maximum atomic E-state index is 13.2. The molecule has 2 saturated heterocycles. The molecule has 1 aromatic heterocycles. The minimum absolute atomic E-state index is 0.224. The van der Waals surface area contributed by atoms with Crippen molar-refractivity contribution in [1.29, 1.82) is 0 Å². The van der Waals surface area contributed by atoms with Crippen molar-refractivity contribution in [2.45, 2.75) is 24.4 Å². The highest BCUT2D eigenvalue weighted by Crippen LogP contribution is 2.32. The fourth-order valence-electron chi connectivity index (χ4n) is 4.29. The van der Waals surface area contributed by atoms with Crippen LogP contribution in [0.3, 0.4) is 0 Å². The molecular weight excluding hydrogens is 352 g/mol. The highest BCUT2D eigenvalue weighted by molar-refractivity contribution is 6.21. The molecule has 2 N–H and O–H groups in total. The van der Waals surface area contributed by atoms with Crippen molar-refractivity contribution in [3.8, 4) is 0 Å². The van der Waals surface area contributed by atoms with Crippen molar-refractivity contribution in [2.24, 2.45) is 0 Å². The molecule has 3 unspecified atom stereocenters. The fraction of sp³-hybridized carbons (Fsp3) is 0.227. The van der Waals surface area contributed by atoms with Crippen LogP contribution in [0, 0.1) is 0 Å². The Kier molecular flexibility index (Phi) is 4.06. The first-order chi connectivity index (χ1) is 13.7. The number of hydrogen-bond donors (Lipinski definition) is 2. The Bertz CT molecular complexity index is 1050. The monoisotopic (exact) mass is 372 g/mol. The molecule has 2 aliphatic rings. The molecule has 0 spiro atoms. The number of pyridine rings is 1. The van der Waals surface area contributed by atoms with Gasteiger partial charge in [-0.25, -0.2) is 9.69 Å². The predicted octanol–water partition coefficient (Wildman–Crippen LogP) is 2.81. The first-order valence-electron chi connectivity index (χ1n) is 9.48. The normalized spacial score (nSPS) is 24.7. The SMILES string of the molecule is O=C1NC2CC(c3ccccc3)CNC2C(=O)N1c1cncc2ccccc12. The smallest absolute Gasteiger partial charge is 0.329 e. The first kappa shape index (κ1) is 16.9. The largest absolute Gasteiger partial charge is 0.332 e. The third-order valence-corrected chi connectivity index (χ3v) is 5.68. The van der Waals surface area contributed by atoms with Crippen LogP contribution in [0.5, 0.6) is 0 Å². The fourth-order valence-corrected chi connectivity index (χ4v) is 4.29. The van der Waals surface area contributed by atoms with E-state index in [1.807, 2.05) is 42.5 Å². The second-order valence-electron chi connectivity index (χ2n) is 7.34. The van der Waals surface area contributed by atoms with E-state index < -0.39 is 6.04 Å². The number of anilines is 1. The third-order valence-electron chi connectivity index (χ3n) is 5.68. The van der Waals surface area contributed by atoms with E-state index in [-0.39, 0.29) is 23.9 Å². The zero-order valence-electron chi connectivity index (χ0n) is 15.2. The van der Waals surface area contributed by atoms with Gasteiger partial charge in [-0.15, -0.1) is 0 Å². The third kappa shape index (κ3) is 2.73. The lowest BCUT2D eigenvalue weighted by Gasteiger charge is -2.43. The number of piperidine rings is 1. The number of aromatic nitrogens is 1. The van der Waals surface area contributed by atoms with E-state index in [1.165, 1.54) is 10.5 Å². The predicted molar refractivity (Wildman–Crippen MR) is 107 cm³/mol. The zero-order valence-corrected chi connectivity index (χ0v) is 15.2. The molecule has 3 heterocycles. The van der Waals surface area contributed by atoms with Crippen LogP contribution in [-0.2, 0) is 4.79 Å². The maximum absolute atomic E-state index is 13.2. The van der Waals surface area contributed by atoms with Gasteiger partial charge in [-0.05, 0) is 17.9 Å². The van der Waals surface area contributed by atoms with Crippen molar-refractivity contribution in [3.63, 3.8) is 0 Å². The number of imide groups is 1. The maximum Gasteiger partial charge on any atom is 0.329 e. The van der Waals surface area contributed by atoms with E-state index >= 15 is 0 Å². The Hall–Kier alpha value is -3.25. The lowest BCUT2D eigenvalue weighted by molar-refractivity contribution is -0.121. The van der Waals surface area contributed by atoms with E-state index in [9.17, 15) is 9.59 Å². The highest BCUT2D eigenvalue weighted by Gasteiger charge is 2.45. The average molecular weight is 372 g/mol. The van der Waals surface area contributed by atoms with Gasteiger partial charge >= 0.3 is 6.03 Å². The van der Waals surface area contributed by atoms with Crippen LogP contribution in [0.2, 0.25) is 0 Å². The molecule has 3 atom stereocenters. The van der Waals surface area contributed by atoms with Crippen molar-refractivity contribution in [1.82, 2.24) is 15.6 Å². The van der Waals surface area contributed by atoms with Gasteiger partial charge in [-0.1, -0.05) is 54.6 Å². The lowest BCUT2D eigenvalue weighted by atomic mass is 9.84. The van der Waals surface area contributed by atoms with Crippen molar-refractivity contribution >= 4 is 28.4 Å². The first-order valence-corrected chi connectivity index (χ1v) is 9.48. The number of urea groups is 1. The topological polar surface area (TPSA) is 74.3 Å². The summed E-state index contributed by atoms with van der Waals surface area (Å²) >= 11 is 0. The van der Waals surface area contributed by atoms with Gasteiger partial charge in [0.2, 0.25) is 0 Å². The van der Waals surface area contributed by atoms with Gasteiger partial charge in [0.1, 0.15) is 6.04 Å². The molecule has 140 valence electrons. The van der Waals surface area contributed by atoms with Crippen molar-refractivity contribution < 1.29 is 9.59 Å². The van der Waals surface area contributed by atoms with Crippen LogP contribution in [0.25, 0.3) is 10.8 Å². The van der Waals surface area contributed by atoms with Crippen molar-refractivity contribution in [2.75, 3.05) is 11.4 Å². The summed E-state index contributed by atoms with van der Waals surface area (Å²) in [4.78, 5) is 31.6. The number of rotatable bonds is 2. The highest BCUT2D eigenvalue weighted by atomic mass is 16.2. The summed E-state index contributed by atoms with van der Waals surface area (Å²) in [7, 11) is 0. The number of fused-ring (bicyclic) bond motifs is 2. The van der Waals surface area contributed by atoms with Crippen LogP contribution < -0.4 is 15.5 Å². The average Bonchev–Trinajstić information content (AvgIpc) is 2.74. The molecule has 2 aromatic carbocycles. The summed E-state index contributed by atoms with van der Waals surface area (Å²) in [6.45, 7) is 0.703. The lowest BCUT2D eigenvalue weighted by Crippen LogP contribution is -2.69. The standard InChI is InChI=1S/C22H20N4O2/c27-21-20-18(10-16(12-24-20)14-6-2-1-3-7-14)25-22(28)26(21)19-13-23-11-15-8-4-5-9-17(15)19/h1-9,11,13,16,18,20,24H,10,12H2,(H,25,28). The molecule has 0 bridgehead atoms. The summed E-state index contributed by atoms with van der Waals surface area (Å²) in [6.07, 6.45) is 4.05. The minimum atomic E-state index is -0.434. The molecule has 5 rings (SSSR count). The number of amides is 3. The van der Waals surface area contributed by atoms with E-state index in [4.69, 9.17) is 0 Å². The Morgan fingerprint density at radius 2 is 1.75 bits per heavy atom. The van der Waals surface area contributed by atoms with Crippen LogP contribution in [0.4, 0.5) is 10.5 Å². The van der Waals surface area contributed by atoms with Crippen LogP contribution in [-0.4, -0.2) is 35.6 Å². The second-order valence-corrected chi connectivity index (χ2v) is 7.34. The van der Waals surface area contributed by atoms with Gasteiger partial charge in [-0.2, -0.15) is 0 Å². The summed E-state index contributed by atoms with van der Waals surface area (Å²) in [5.74, 6) is 0.0414. The van der Waals surface area contributed by atoms with Crippen LogP contribution >= 0.6 is 0 Å². The van der Waals surface area contributed by atoms with Crippen LogP contribution in [0.1, 0.15) is 17.9 Å². The van der Waals surface area contributed by atoms with Gasteiger partial charge in [0.25, 0.3) is 5.91 Å². The van der Waals surface area contributed by atoms with Crippen LogP contribution in [0.15, 0.2) is 67.0 Å². The molecule has 28 heavy (non-hydrogen) atoms. The van der Waals surface area contributed by atoms with Gasteiger partial charge in [0.05, 0.1) is 17.9 Å². The molecule has 6 nitrogen and oxygen atoms in total. The molecule has 3 aromatic rings. The molecule has 6 heteroatoms. The Morgan fingerprint density at radius 3 is 2.61 bits per heavy atom.